The van der Waals surface area contributed by atoms with Crippen LogP contribution >= 0.6 is 0 Å². The molecule has 0 rings (SSSR count). The first-order valence-corrected chi connectivity index (χ1v) is 3.50. The Labute approximate surface area is 72.1 Å². The maximum atomic E-state index is 10.9. The van der Waals surface area contributed by atoms with Crippen molar-refractivity contribution in [2.24, 2.45) is 0 Å². The minimum atomic E-state index is -0.654. The highest BCUT2D eigenvalue weighted by atomic mass is 16.7. The summed E-state index contributed by atoms with van der Waals surface area (Å²) in [6.45, 7) is 5.22. The molecule has 4 nitrogen and oxygen atoms in total. The molecule has 1 atom stereocenters. The molecule has 0 heterocycles. The third-order valence-corrected chi connectivity index (χ3v) is 1.15. The molecule has 70 valence electrons. The molecule has 0 radical (unpaired) electrons. The molecule has 4 heteroatoms. The van der Waals surface area contributed by atoms with Crippen LogP contribution in [0.2, 0.25) is 0 Å². The fourth-order valence-corrected chi connectivity index (χ4v) is 0.506. The smallest absolute Gasteiger partial charge is 0.335 e. The third-order valence-electron chi connectivity index (χ3n) is 1.15. The van der Waals surface area contributed by atoms with Gasteiger partial charge >= 0.3 is 5.97 Å². The number of rotatable bonds is 5. The van der Waals surface area contributed by atoms with Gasteiger partial charge in [-0.1, -0.05) is 6.58 Å². The number of hydrogen-bond acceptors (Lipinski definition) is 4. The summed E-state index contributed by atoms with van der Waals surface area (Å²) in [5, 5.41) is 0. The summed E-state index contributed by atoms with van der Waals surface area (Å²) in [7, 11) is 2.94. The van der Waals surface area contributed by atoms with Crippen molar-refractivity contribution in [3.8, 4) is 0 Å². The Morgan fingerprint density at radius 3 is 2.42 bits per heavy atom. The Bertz CT molecular complexity index is 164. The van der Waals surface area contributed by atoms with E-state index in [1.165, 1.54) is 14.2 Å². The lowest BCUT2D eigenvalue weighted by atomic mass is 10.4. The minimum absolute atomic E-state index is 0.218. The Morgan fingerprint density at radius 1 is 1.50 bits per heavy atom. The van der Waals surface area contributed by atoms with Gasteiger partial charge in [-0.15, -0.1) is 0 Å². The molecular weight excluding hydrogens is 160 g/mol. The molecule has 0 spiro atoms. The molecule has 0 aliphatic carbocycles. The van der Waals surface area contributed by atoms with Crippen LogP contribution in [0, 0.1) is 0 Å². The van der Waals surface area contributed by atoms with E-state index in [9.17, 15) is 4.79 Å². The van der Waals surface area contributed by atoms with Crippen molar-refractivity contribution in [2.45, 2.75) is 13.2 Å². The predicted molar refractivity (Wildman–Crippen MR) is 43.6 cm³/mol. The summed E-state index contributed by atoms with van der Waals surface area (Å²) in [6, 6.07) is 0. The Morgan fingerprint density at radius 2 is 2.08 bits per heavy atom. The van der Waals surface area contributed by atoms with E-state index in [1.807, 2.05) is 0 Å². The lowest BCUT2D eigenvalue weighted by Gasteiger charge is -2.14. The van der Waals surface area contributed by atoms with Gasteiger partial charge in [-0.3, -0.25) is 0 Å². The first-order chi connectivity index (χ1) is 5.61. The lowest BCUT2D eigenvalue weighted by Crippen LogP contribution is -2.24. The highest BCUT2D eigenvalue weighted by molar-refractivity contribution is 5.86. The molecule has 0 aliphatic rings. The number of hydrogen-bond donors (Lipinski definition) is 0. The van der Waals surface area contributed by atoms with E-state index in [0.717, 1.165) is 0 Å². The molecule has 0 aromatic carbocycles. The van der Waals surface area contributed by atoms with E-state index in [0.29, 0.717) is 5.57 Å². The van der Waals surface area contributed by atoms with Gasteiger partial charge in [-0.05, 0) is 6.92 Å². The van der Waals surface area contributed by atoms with Crippen molar-refractivity contribution in [1.82, 2.24) is 0 Å². The SMILES string of the molecule is C=C(C)C(=O)OC(COC)OC. The van der Waals surface area contributed by atoms with Gasteiger partial charge < -0.3 is 14.2 Å². The molecule has 0 bridgehead atoms. The molecule has 1 unspecified atom stereocenters. The van der Waals surface area contributed by atoms with E-state index in [2.05, 4.69) is 6.58 Å². The van der Waals surface area contributed by atoms with Crippen molar-refractivity contribution in [3.63, 3.8) is 0 Å². The van der Waals surface area contributed by atoms with Gasteiger partial charge in [0.2, 0.25) is 6.29 Å². The fourth-order valence-electron chi connectivity index (χ4n) is 0.506. The summed E-state index contributed by atoms with van der Waals surface area (Å²) < 4.78 is 14.4. The van der Waals surface area contributed by atoms with Crippen LogP contribution < -0.4 is 0 Å². The van der Waals surface area contributed by atoms with E-state index in [4.69, 9.17) is 14.2 Å². The minimum Gasteiger partial charge on any atom is -0.430 e. The van der Waals surface area contributed by atoms with Gasteiger partial charge in [-0.25, -0.2) is 4.79 Å². The normalized spacial score (nSPS) is 12.2. The number of ether oxygens (including phenoxy) is 3. The zero-order valence-electron chi connectivity index (χ0n) is 7.62. The van der Waals surface area contributed by atoms with Crippen LogP contribution in [0.1, 0.15) is 6.92 Å². The number of methoxy groups -OCH3 is 2. The average Bonchev–Trinajstić information content (AvgIpc) is 2.03. The van der Waals surface area contributed by atoms with Crippen molar-refractivity contribution in [1.29, 1.82) is 0 Å². The molecule has 0 aromatic rings. The Kier molecular flexibility index (Phi) is 5.32. The highest BCUT2D eigenvalue weighted by Gasteiger charge is 2.12. The maximum Gasteiger partial charge on any atom is 0.335 e. The molecule has 0 aromatic heterocycles. The van der Waals surface area contributed by atoms with Crippen LogP contribution in [0.15, 0.2) is 12.2 Å². The fraction of sp³-hybridized carbons (Fsp3) is 0.625. The molecule has 12 heavy (non-hydrogen) atoms. The second kappa shape index (κ2) is 5.74. The van der Waals surface area contributed by atoms with Crippen LogP contribution in [-0.2, 0) is 19.0 Å². The number of esters is 1. The monoisotopic (exact) mass is 174 g/mol. The van der Waals surface area contributed by atoms with Crippen LogP contribution in [0.3, 0.4) is 0 Å². The van der Waals surface area contributed by atoms with Crippen molar-refractivity contribution in [2.75, 3.05) is 20.8 Å². The Balaban J connectivity index is 3.85. The second-order valence-electron chi connectivity index (χ2n) is 2.31. The van der Waals surface area contributed by atoms with Gasteiger partial charge in [0.25, 0.3) is 0 Å². The highest BCUT2D eigenvalue weighted by Crippen LogP contribution is 1.99. The standard InChI is InChI=1S/C8H14O4/c1-6(2)8(9)12-7(11-4)5-10-3/h7H,1,5H2,2-4H3. The van der Waals surface area contributed by atoms with Crippen LogP contribution in [-0.4, -0.2) is 33.1 Å². The topological polar surface area (TPSA) is 44.8 Å². The molecule has 0 amide bonds. The zero-order chi connectivity index (χ0) is 9.56. The van der Waals surface area contributed by atoms with Crippen LogP contribution in [0.25, 0.3) is 0 Å². The second-order valence-corrected chi connectivity index (χ2v) is 2.31. The molecule has 0 aliphatic heterocycles. The third kappa shape index (κ3) is 4.10. The average molecular weight is 174 g/mol. The van der Waals surface area contributed by atoms with Gasteiger partial charge in [0.1, 0.15) is 6.61 Å². The summed E-state index contributed by atoms with van der Waals surface area (Å²) in [5.41, 5.74) is 0.341. The van der Waals surface area contributed by atoms with E-state index in [-0.39, 0.29) is 6.61 Å². The summed E-state index contributed by atoms with van der Waals surface area (Å²) in [6.07, 6.45) is -0.654. The van der Waals surface area contributed by atoms with E-state index in [1.54, 1.807) is 6.92 Å². The van der Waals surface area contributed by atoms with E-state index >= 15 is 0 Å². The van der Waals surface area contributed by atoms with Gasteiger partial charge in [0.15, 0.2) is 0 Å². The molecule has 0 saturated carbocycles. The van der Waals surface area contributed by atoms with Gasteiger partial charge in [-0.2, -0.15) is 0 Å². The summed E-state index contributed by atoms with van der Waals surface area (Å²) >= 11 is 0. The van der Waals surface area contributed by atoms with Crippen LogP contribution in [0.5, 0.6) is 0 Å². The molecule has 0 saturated heterocycles. The molecule has 0 fully saturated rings. The van der Waals surface area contributed by atoms with Crippen molar-refractivity contribution in [3.05, 3.63) is 12.2 Å². The van der Waals surface area contributed by atoms with E-state index < -0.39 is 12.3 Å². The number of carbonyl (C=O) groups excluding carboxylic acids is 1. The largest absolute Gasteiger partial charge is 0.430 e. The van der Waals surface area contributed by atoms with Crippen molar-refractivity contribution >= 4 is 5.97 Å². The van der Waals surface area contributed by atoms with Crippen molar-refractivity contribution < 1.29 is 19.0 Å². The Hall–Kier alpha value is -0.870. The van der Waals surface area contributed by atoms with Crippen LogP contribution in [0.4, 0.5) is 0 Å². The first kappa shape index (κ1) is 11.1. The van der Waals surface area contributed by atoms with Gasteiger partial charge in [0.05, 0.1) is 0 Å². The molecular formula is C8H14O4. The van der Waals surface area contributed by atoms with Gasteiger partial charge in [0, 0.05) is 19.8 Å². The molecule has 0 N–H and O–H groups in total. The summed E-state index contributed by atoms with van der Waals surface area (Å²) in [5.74, 6) is -0.473. The lowest BCUT2D eigenvalue weighted by molar-refractivity contribution is -0.177. The quantitative estimate of drug-likeness (QED) is 0.350. The zero-order valence-corrected chi connectivity index (χ0v) is 7.62. The predicted octanol–water partition coefficient (Wildman–Crippen LogP) is 0.725. The first-order valence-electron chi connectivity index (χ1n) is 3.50. The number of carbonyl (C=O) groups is 1. The maximum absolute atomic E-state index is 10.9. The summed E-state index contributed by atoms with van der Waals surface area (Å²) in [4.78, 5) is 10.9.